The lowest BCUT2D eigenvalue weighted by Crippen LogP contribution is -2.50. The van der Waals surface area contributed by atoms with Gasteiger partial charge in [-0.25, -0.2) is 13.2 Å². The minimum absolute atomic E-state index is 0.0934. The molecule has 0 aliphatic carbocycles. The summed E-state index contributed by atoms with van der Waals surface area (Å²) in [4.78, 5) is 28.2. The number of likely N-dealkylation sites (tertiary alicyclic amines) is 2. The molecule has 2 aliphatic rings. The Bertz CT molecular complexity index is 1160. The molecule has 1 atom stereocenters. The van der Waals surface area contributed by atoms with Gasteiger partial charge in [-0.05, 0) is 94.8 Å². The maximum atomic E-state index is 15.0. The smallest absolute Gasteiger partial charge is 0.254 e. The zero-order chi connectivity index (χ0) is 27.4. The number of alkyl halides is 1. The van der Waals surface area contributed by atoms with Crippen LogP contribution in [0.2, 0.25) is 0 Å². The minimum Gasteiger partial charge on any atom is -0.490 e. The van der Waals surface area contributed by atoms with E-state index in [0.717, 1.165) is 44.8 Å². The molecule has 1 unspecified atom stereocenters. The fraction of sp³-hybridized carbons (Fsp3) is 0.517. The van der Waals surface area contributed by atoms with Crippen molar-refractivity contribution in [1.29, 1.82) is 0 Å². The van der Waals surface area contributed by atoms with Gasteiger partial charge in [0, 0.05) is 24.2 Å². The van der Waals surface area contributed by atoms with Crippen molar-refractivity contribution >= 4 is 11.8 Å². The molecule has 0 spiro atoms. The fourth-order valence-electron chi connectivity index (χ4n) is 5.35. The first kappa shape index (κ1) is 28.0. The molecule has 0 radical (unpaired) electrons. The highest BCUT2D eigenvalue weighted by molar-refractivity contribution is 5.98. The van der Waals surface area contributed by atoms with E-state index in [0.29, 0.717) is 31.7 Å². The number of halogens is 3. The van der Waals surface area contributed by atoms with Gasteiger partial charge in [0.25, 0.3) is 5.91 Å². The van der Waals surface area contributed by atoms with Gasteiger partial charge in [-0.2, -0.15) is 0 Å². The van der Waals surface area contributed by atoms with Crippen molar-refractivity contribution in [3.05, 3.63) is 53.6 Å². The summed E-state index contributed by atoms with van der Waals surface area (Å²) in [6, 6.07) is 7.61. The molecule has 0 bridgehead atoms. The summed E-state index contributed by atoms with van der Waals surface area (Å²) >= 11 is 0. The molecule has 4 rings (SSSR count). The quantitative estimate of drug-likeness (QED) is 0.523. The third-order valence-corrected chi connectivity index (χ3v) is 7.33. The van der Waals surface area contributed by atoms with E-state index in [1.807, 2.05) is 0 Å². The van der Waals surface area contributed by atoms with Crippen LogP contribution in [0.25, 0.3) is 11.1 Å². The van der Waals surface area contributed by atoms with E-state index < -0.39 is 35.2 Å². The van der Waals surface area contributed by atoms with Crippen molar-refractivity contribution in [2.24, 2.45) is 11.7 Å². The van der Waals surface area contributed by atoms with Crippen LogP contribution in [0.3, 0.4) is 0 Å². The molecule has 2 amide bonds. The van der Waals surface area contributed by atoms with Gasteiger partial charge in [-0.1, -0.05) is 12.1 Å². The van der Waals surface area contributed by atoms with Crippen LogP contribution in [0.1, 0.15) is 56.3 Å². The molecule has 2 aromatic carbocycles. The van der Waals surface area contributed by atoms with Crippen LogP contribution in [0, 0.1) is 17.6 Å². The minimum atomic E-state index is -1.23. The SMILES string of the molecule is CC(C)(F)CN1CCC(COc2ccc(-c3ccc(C(=O)N4CCCCC4C(N)=O)cc3F)cc2F)CC1. The van der Waals surface area contributed by atoms with Crippen molar-refractivity contribution in [1.82, 2.24) is 9.80 Å². The number of carbonyl (C=O) groups excluding carboxylic acids is 2. The van der Waals surface area contributed by atoms with Crippen molar-refractivity contribution < 1.29 is 27.5 Å². The van der Waals surface area contributed by atoms with E-state index in [4.69, 9.17) is 10.5 Å². The first-order valence-corrected chi connectivity index (χ1v) is 13.3. The molecule has 9 heteroatoms. The Morgan fingerprint density at radius 2 is 1.74 bits per heavy atom. The molecule has 2 aromatic rings. The Kier molecular flexibility index (Phi) is 8.65. The van der Waals surface area contributed by atoms with Crippen LogP contribution < -0.4 is 10.5 Å². The summed E-state index contributed by atoms with van der Waals surface area (Å²) in [5.74, 6) is -1.94. The highest BCUT2D eigenvalue weighted by Crippen LogP contribution is 2.30. The van der Waals surface area contributed by atoms with E-state index >= 15 is 4.39 Å². The van der Waals surface area contributed by atoms with Gasteiger partial charge in [0.05, 0.1) is 6.61 Å². The molecule has 38 heavy (non-hydrogen) atoms. The van der Waals surface area contributed by atoms with Crippen LogP contribution in [0.5, 0.6) is 5.75 Å². The van der Waals surface area contributed by atoms with Crippen LogP contribution in [-0.2, 0) is 4.79 Å². The van der Waals surface area contributed by atoms with Gasteiger partial charge < -0.3 is 20.3 Å². The Morgan fingerprint density at radius 1 is 1.00 bits per heavy atom. The van der Waals surface area contributed by atoms with Gasteiger partial charge in [0.1, 0.15) is 17.5 Å². The number of hydrogen-bond acceptors (Lipinski definition) is 4. The van der Waals surface area contributed by atoms with E-state index in [9.17, 15) is 18.4 Å². The molecule has 2 heterocycles. The molecular formula is C29H36F3N3O3. The highest BCUT2D eigenvalue weighted by Gasteiger charge is 2.31. The van der Waals surface area contributed by atoms with Gasteiger partial charge in [-0.15, -0.1) is 0 Å². The predicted molar refractivity (Wildman–Crippen MR) is 140 cm³/mol. The Morgan fingerprint density at radius 3 is 2.37 bits per heavy atom. The summed E-state index contributed by atoms with van der Waals surface area (Å²) in [6.07, 6.45) is 3.74. The largest absolute Gasteiger partial charge is 0.490 e. The molecule has 6 nitrogen and oxygen atoms in total. The Hall–Kier alpha value is -3.07. The summed E-state index contributed by atoms with van der Waals surface area (Å²) < 4.78 is 49.5. The van der Waals surface area contributed by atoms with E-state index in [1.165, 1.54) is 29.2 Å². The number of nitrogens with two attached hydrogens (primary N) is 1. The van der Waals surface area contributed by atoms with Crippen LogP contribution in [0.4, 0.5) is 13.2 Å². The first-order valence-electron chi connectivity index (χ1n) is 13.3. The summed E-state index contributed by atoms with van der Waals surface area (Å²) in [6.45, 7) is 5.85. The van der Waals surface area contributed by atoms with Crippen molar-refractivity contribution in [3.63, 3.8) is 0 Å². The number of primary amides is 1. The third-order valence-electron chi connectivity index (χ3n) is 7.33. The lowest BCUT2D eigenvalue weighted by atomic mass is 9.96. The van der Waals surface area contributed by atoms with E-state index in [1.54, 1.807) is 19.9 Å². The number of hydrogen-bond donors (Lipinski definition) is 1. The van der Waals surface area contributed by atoms with Crippen LogP contribution in [0.15, 0.2) is 36.4 Å². The van der Waals surface area contributed by atoms with Gasteiger partial charge in [0.2, 0.25) is 5.91 Å². The number of carbonyl (C=O) groups is 2. The van der Waals surface area contributed by atoms with E-state index in [-0.39, 0.29) is 22.8 Å². The van der Waals surface area contributed by atoms with Gasteiger partial charge in [0.15, 0.2) is 11.6 Å². The molecule has 2 fully saturated rings. The summed E-state index contributed by atoms with van der Waals surface area (Å²) in [5.41, 5.74) is 4.81. The maximum absolute atomic E-state index is 15.0. The molecular weight excluding hydrogens is 495 g/mol. The van der Waals surface area contributed by atoms with Crippen LogP contribution in [-0.4, -0.2) is 66.1 Å². The third kappa shape index (κ3) is 6.87. The van der Waals surface area contributed by atoms with Gasteiger partial charge in [-0.3, -0.25) is 9.59 Å². The molecule has 206 valence electrons. The number of rotatable bonds is 8. The van der Waals surface area contributed by atoms with Crippen molar-refractivity contribution in [2.45, 2.75) is 57.7 Å². The van der Waals surface area contributed by atoms with Crippen molar-refractivity contribution in [3.8, 4) is 16.9 Å². The second-order valence-electron chi connectivity index (χ2n) is 11.0. The zero-order valence-electron chi connectivity index (χ0n) is 22.0. The van der Waals surface area contributed by atoms with Gasteiger partial charge >= 0.3 is 0 Å². The highest BCUT2D eigenvalue weighted by atomic mass is 19.1. The lowest BCUT2D eigenvalue weighted by molar-refractivity contribution is -0.123. The topological polar surface area (TPSA) is 75.9 Å². The average molecular weight is 532 g/mol. The normalized spacial score (nSPS) is 19.4. The standard InChI is InChI=1S/C29H36F3N3O3/c1-29(2,32)18-34-13-10-19(11-14-34)17-38-26-9-7-20(15-24(26)31)22-8-6-21(16-23(22)30)28(37)35-12-4-3-5-25(35)27(33)36/h6-9,15-16,19,25H,3-5,10-14,17-18H2,1-2H3,(H2,33,36). The number of benzene rings is 2. The second-order valence-corrected chi connectivity index (χ2v) is 11.0. The molecule has 2 N–H and O–H groups in total. The first-order chi connectivity index (χ1) is 18.0. The fourth-order valence-corrected chi connectivity index (χ4v) is 5.35. The molecule has 0 aromatic heterocycles. The summed E-state index contributed by atoms with van der Waals surface area (Å²) in [5, 5.41) is 0. The Labute approximate surface area is 221 Å². The molecule has 0 saturated carbocycles. The monoisotopic (exact) mass is 531 g/mol. The number of nitrogens with zero attached hydrogens (tertiary/aromatic N) is 2. The molecule has 2 saturated heterocycles. The summed E-state index contributed by atoms with van der Waals surface area (Å²) in [7, 11) is 0. The second kappa shape index (κ2) is 11.8. The average Bonchev–Trinajstić information content (AvgIpc) is 2.87. The van der Waals surface area contributed by atoms with E-state index in [2.05, 4.69) is 4.90 Å². The Balaban J connectivity index is 1.37. The number of ether oxygens (including phenoxy) is 1. The lowest BCUT2D eigenvalue weighted by Gasteiger charge is -2.34. The zero-order valence-corrected chi connectivity index (χ0v) is 22.0. The number of piperidine rings is 2. The van der Waals surface area contributed by atoms with Crippen molar-refractivity contribution in [2.75, 3.05) is 32.8 Å². The predicted octanol–water partition coefficient (Wildman–Crippen LogP) is 4.95. The van der Waals surface area contributed by atoms with Crippen LogP contribution >= 0.6 is 0 Å². The molecule has 2 aliphatic heterocycles. The maximum Gasteiger partial charge on any atom is 0.254 e. The number of amides is 2.